The highest BCUT2D eigenvalue weighted by molar-refractivity contribution is 7.92. The zero-order chi connectivity index (χ0) is 29.5. The van der Waals surface area contributed by atoms with Crippen LogP contribution in [0.15, 0.2) is 96.2 Å². The van der Waals surface area contributed by atoms with Crippen LogP contribution < -0.4 is 15.4 Å². The first kappa shape index (κ1) is 29.2. The monoisotopic (exact) mass is 588 g/mol. The molecular weight excluding hydrogens is 555 g/mol. The van der Waals surface area contributed by atoms with Crippen LogP contribution in [0, 0.1) is 5.82 Å². The average molecular weight is 589 g/mol. The number of halogens is 1. The van der Waals surface area contributed by atoms with Gasteiger partial charge in [-0.15, -0.1) is 0 Å². The quantitative estimate of drug-likeness (QED) is 0.260. The molecule has 1 saturated heterocycles. The van der Waals surface area contributed by atoms with Crippen LogP contribution >= 0.6 is 0 Å². The van der Waals surface area contributed by atoms with Crippen molar-refractivity contribution in [2.75, 3.05) is 43.3 Å². The summed E-state index contributed by atoms with van der Waals surface area (Å²) < 4.78 is 43.9. The van der Waals surface area contributed by atoms with E-state index in [1.165, 1.54) is 12.1 Å². The van der Waals surface area contributed by atoms with E-state index in [1.54, 1.807) is 48.8 Å². The molecule has 0 unspecified atom stereocenters. The number of nitrogens with zero attached hydrogens (tertiary/aromatic N) is 3. The van der Waals surface area contributed by atoms with Crippen molar-refractivity contribution in [3.8, 4) is 11.1 Å². The first-order valence-electron chi connectivity index (χ1n) is 13.6. The van der Waals surface area contributed by atoms with E-state index in [4.69, 9.17) is 0 Å². The number of amides is 2. The van der Waals surface area contributed by atoms with E-state index in [1.807, 2.05) is 24.3 Å². The van der Waals surface area contributed by atoms with Crippen molar-refractivity contribution < 1.29 is 17.6 Å². The fourth-order valence-electron chi connectivity index (χ4n) is 4.76. The fourth-order valence-corrected chi connectivity index (χ4v) is 6.03. The first-order valence-corrected chi connectivity index (χ1v) is 15.1. The van der Waals surface area contributed by atoms with Crippen LogP contribution in [0.4, 0.5) is 20.6 Å². The smallest absolute Gasteiger partial charge is 0.319 e. The second-order valence-corrected chi connectivity index (χ2v) is 11.9. The Kier molecular flexibility index (Phi) is 9.11. The number of carbonyl (C=O) groups excluding carboxylic acids is 1. The van der Waals surface area contributed by atoms with Gasteiger partial charge in [-0.3, -0.25) is 14.6 Å². The Labute approximate surface area is 245 Å². The topological polar surface area (TPSA) is 107 Å². The molecule has 1 aromatic heterocycles. The summed E-state index contributed by atoms with van der Waals surface area (Å²) in [5, 5.41) is 5.45. The van der Waals surface area contributed by atoms with E-state index < -0.39 is 21.9 Å². The second kappa shape index (κ2) is 13.1. The van der Waals surface area contributed by atoms with Gasteiger partial charge in [0.15, 0.2) is 0 Å². The van der Waals surface area contributed by atoms with Crippen molar-refractivity contribution in [1.29, 1.82) is 0 Å². The Morgan fingerprint density at radius 1 is 0.905 bits per heavy atom. The molecule has 218 valence electrons. The zero-order valence-corrected chi connectivity index (χ0v) is 24.1. The number of sulfonamides is 1. The van der Waals surface area contributed by atoms with Gasteiger partial charge in [0.25, 0.3) is 10.0 Å². The summed E-state index contributed by atoms with van der Waals surface area (Å²) in [4.78, 5) is 20.9. The van der Waals surface area contributed by atoms with E-state index in [0.717, 1.165) is 49.9 Å². The summed E-state index contributed by atoms with van der Waals surface area (Å²) in [7, 11) is -1.96. The number of rotatable bonds is 9. The molecule has 1 fully saturated rings. The minimum atomic E-state index is -4.07. The second-order valence-electron chi connectivity index (χ2n) is 10.3. The van der Waals surface area contributed by atoms with Gasteiger partial charge in [0, 0.05) is 68.6 Å². The molecule has 11 heteroatoms. The number of nitrogens with one attached hydrogen (secondary N) is 3. The molecule has 9 nitrogen and oxygen atoms in total. The maximum absolute atomic E-state index is 14.4. The number of hydrogen-bond donors (Lipinski definition) is 3. The van der Waals surface area contributed by atoms with Crippen LogP contribution in [-0.4, -0.2) is 62.5 Å². The van der Waals surface area contributed by atoms with Gasteiger partial charge < -0.3 is 15.5 Å². The molecule has 3 aromatic carbocycles. The van der Waals surface area contributed by atoms with E-state index in [2.05, 4.69) is 37.2 Å². The number of carbonyl (C=O) groups is 1. The molecule has 2 amide bonds. The molecule has 1 aliphatic rings. The Bertz CT molecular complexity index is 1630. The third kappa shape index (κ3) is 7.69. The number of piperazine rings is 1. The maximum atomic E-state index is 14.4. The predicted octanol–water partition coefficient (Wildman–Crippen LogP) is 4.76. The van der Waals surface area contributed by atoms with Gasteiger partial charge in [-0.1, -0.05) is 24.3 Å². The minimum Gasteiger partial charge on any atom is -0.334 e. The summed E-state index contributed by atoms with van der Waals surface area (Å²) in [6, 6.07) is 20.8. The molecule has 0 radical (unpaired) electrons. The molecule has 0 spiro atoms. The lowest BCUT2D eigenvalue weighted by molar-refractivity contribution is 0.148. The van der Waals surface area contributed by atoms with Gasteiger partial charge in [0.1, 0.15) is 5.82 Å². The van der Waals surface area contributed by atoms with Crippen LogP contribution in [0.25, 0.3) is 11.1 Å². The van der Waals surface area contributed by atoms with E-state index >= 15 is 0 Å². The Morgan fingerprint density at radius 3 is 2.38 bits per heavy atom. The standard InChI is InChI=1S/C31H33FN6O3S/c1-37-14-16-38(17-15-37)22-23-4-2-6-25(18-23)29-19-26(32)7-12-30(29)42(40,41)36-28-10-8-27(9-11-28)35-31(39)34-21-24-5-3-13-33-20-24/h2-13,18-20,36H,14-17,21-22H2,1H3,(H2,34,35,39). The molecule has 0 saturated carbocycles. The Morgan fingerprint density at radius 2 is 1.64 bits per heavy atom. The summed E-state index contributed by atoms with van der Waals surface area (Å²) >= 11 is 0. The third-order valence-electron chi connectivity index (χ3n) is 7.04. The van der Waals surface area contributed by atoms with Crippen LogP contribution in [0.3, 0.4) is 0 Å². The zero-order valence-electron chi connectivity index (χ0n) is 23.3. The predicted molar refractivity (Wildman–Crippen MR) is 162 cm³/mol. The largest absolute Gasteiger partial charge is 0.334 e. The Hall–Kier alpha value is -4.32. The molecule has 5 rings (SSSR count). The van der Waals surface area contributed by atoms with E-state index in [9.17, 15) is 17.6 Å². The lowest BCUT2D eigenvalue weighted by Gasteiger charge is -2.32. The number of anilines is 2. The summed E-state index contributed by atoms with van der Waals surface area (Å²) in [5.74, 6) is -0.523. The number of pyridine rings is 1. The van der Waals surface area contributed by atoms with Crippen molar-refractivity contribution in [2.24, 2.45) is 0 Å². The SMILES string of the molecule is CN1CCN(Cc2cccc(-c3cc(F)ccc3S(=O)(=O)Nc3ccc(NC(=O)NCc4cccnc4)cc3)c2)CC1. The highest BCUT2D eigenvalue weighted by Crippen LogP contribution is 2.31. The van der Waals surface area contributed by atoms with Gasteiger partial charge in [-0.2, -0.15) is 0 Å². The van der Waals surface area contributed by atoms with E-state index in [-0.39, 0.29) is 10.5 Å². The van der Waals surface area contributed by atoms with Crippen LogP contribution in [0.2, 0.25) is 0 Å². The highest BCUT2D eigenvalue weighted by Gasteiger charge is 2.21. The first-order chi connectivity index (χ1) is 20.2. The molecule has 3 N–H and O–H groups in total. The molecule has 42 heavy (non-hydrogen) atoms. The number of hydrogen-bond acceptors (Lipinski definition) is 6. The number of urea groups is 1. The minimum absolute atomic E-state index is 0.0300. The summed E-state index contributed by atoms with van der Waals surface area (Å²) in [6.45, 7) is 4.95. The van der Waals surface area contributed by atoms with Gasteiger partial charge >= 0.3 is 6.03 Å². The third-order valence-corrected chi connectivity index (χ3v) is 8.48. The van der Waals surface area contributed by atoms with Gasteiger partial charge in [0.2, 0.25) is 0 Å². The lowest BCUT2D eigenvalue weighted by Crippen LogP contribution is -2.43. The fraction of sp³-hybridized carbons (Fsp3) is 0.226. The average Bonchev–Trinajstić information content (AvgIpc) is 2.99. The maximum Gasteiger partial charge on any atom is 0.319 e. The molecule has 1 aliphatic heterocycles. The van der Waals surface area contributed by atoms with Crippen molar-refractivity contribution in [3.05, 3.63) is 108 Å². The van der Waals surface area contributed by atoms with Crippen molar-refractivity contribution >= 4 is 27.4 Å². The molecule has 0 aliphatic carbocycles. The molecule has 0 atom stereocenters. The van der Waals surface area contributed by atoms with Gasteiger partial charge in [-0.25, -0.2) is 17.6 Å². The molecule has 4 aromatic rings. The molecular formula is C31H33FN6O3S. The van der Waals surface area contributed by atoms with Crippen molar-refractivity contribution in [3.63, 3.8) is 0 Å². The lowest BCUT2D eigenvalue weighted by atomic mass is 10.0. The molecule has 2 heterocycles. The highest BCUT2D eigenvalue weighted by atomic mass is 32.2. The Balaban J connectivity index is 1.27. The summed E-state index contributed by atoms with van der Waals surface area (Å²) in [6.07, 6.45) is 3.32. The normalized spacial score (nSPS) is 14.3. The van der Waals surface area contributed by atoms with Crippen molar-refractivity contribution in [1.82, 2.24) is 20.1 Å². The van der Waals surface area contributed by atoms with E-state index in [0.29, 0.717) is 23.5 Å². The van der Waals surface area contributed by atoms with Crippen molar-refractivity contribution in [2.45, 2.75) is 18.0 Å². The van der Waals surface area contributed by atoms with Gasteiger partial charge in [0.05, 0.1) is 4.90 Å². The number of aromatic nitrogens is 1. The van der Waals surface area contributed by atoms with Gasteiger partial charge in [-0.05, 0) is 78.3 Å². The number of benzene rings is 3. The van der Waals surface area contributed by atoms with Crippen LogP contribution in [0.1, 0.15) is 11.1 Å². The molecule has 0 bridgehead atoms. The van der Waals surface area contributed by atoms with Crippen LogP contribution in [-0.2, 0) is 23.1 Å². The van der Waals surface area contributed by atoms with Crippen LogP contribution in [0.5, 0.6) is 0 Å². The number of likely N-dealkylation sites (N-methyl/N-ethyl adjacent to an activating group) is 1. The summed E-state index contributed by atoms with van der Waals surface area (Å²) in [5.41, 5.74) is 3.59.